The highest BCUT2D eigenvalue weighted by molar-refractivity contribution is 5.22. The highest BCUT2D eigenvalue weighted by Gasteiger charge is 2.24. The molecule has 1 aliphatic heterocycles. The number of nitrogens with one attached hydrogen (secondary N) is 1. The van der Waals surface area contributed by atoms with Gasteiger partial charge in [-0.05, 0) is 35.7 Å². The van der Waals surface area contributed by atoms with Crippen LogP contribution in [-0.2, 0) is 6.54 Å². The Morgan fingerprint density at radius 3 is 2.95 bits per heavy atom. The molecule has 2 aromatic heterocycles. The van der Waals surface area contributed by atoms with Crippen LogP contribution < -0.4 is 5.32 Å². The first-order chi connectivity index (χ1) is 9.84. The van der Waals surface area contributed by atoms with Crippen LogP contribution in [0.15, 0.2) is 43.0 Å². The first kappa shape index (κ1) is 13.2. The van der Waals surface area contributed by atoms with Gasteiger partial charge in [0.25, 0.3) is 0 Å². The molecule has 1 unspecified atom stereocenters. The second kappa shape index (κ2) is 6.11. The zero-order chi connectivity index (χ0) is 13.8. The lowest BCUT2D eigenvalue weighted by Gasteiger charge is -2.36. The van der Waals surface area contributed by atoms with Crippen LogP contribution >= 0.6 is 0 Å². The van der Waals surface area contributed by atoms with Crippen molar-refractivity contribution in [3.05, 3.63) is 59.7 Å². The maximum absolute atomic E-state index is 4.25. The number of rotatable bonds is 3. The van der Waals surface area contributed by atoms with E-state index in [2.05, 4.69) is 39.2 Å². The minimum atomic E-state index is 0.386. The van der Waals surface area contributed by atoms with Gasteiger partial charge in [-0.2, -0.15) is 0 Å². The monoisotopic (exact) mass is 268 g/mol. The molecule has 0 radical (unpaired) electrons. The number of piperazine rings is 1. The van der Waals surface area contributed by atoms with Gasteiger partial charge in [0.1, 0.15) is 0 Å². The summed E-state index contributed by atoms with van der Waals surface area (Å²) in [4.78, 5) is 11.0. The molecule has 0 aromatic carbocycles. The number of pyridine rings is 2. The lowest BCUT2D eigenvalue weighted by Crippen LogP contribution is -2.45. The van der Waals surface area contributed by atoms with E-state index < -0.39 is 0 Å². The van der Waals surface area contributed by atoms with Gasteiger partial charge in [0, 0.05) is 57.0 Å². The van der Waals surface area contributed by atoms with Crippen LogP contribution in [0.2, 0.25) is 0 Å². The average Bonchev–Trinajstić information content (AvgIpc) is 2.51. The summed E-state index contributed by atoms with van der Waals surface area (Å²) in [5.74, 6) is 0. The first-order valence-electron chi connectivity index (χ1n) is 7.09. The van der Waals surface area contributed by atoms with Crippen molar-refractivity contribution in [2.75, 3.05) is 19.6 Å². The summed E-state index contributed by atoms with van der Waals surface area (Å²) in [6.07, 6.45) is 7.64. The predicted octanol–water partition coefficient (Wildman–Crippen LogP) is 1.93. The van der Waals surface area contributed by atoms with Crippen LogP contribution in [0.3, 0.4) is 0 Å². The molecule has 0 saturated carbocycles. The fourth-order valence-electron chi connectivity index (χ4n) is 2.72. The summed E-state index contributed by atoms with van der Waals surface area (Å²) in [5.41, 5.74) is 3.90. The third-order valence-corrected chi connectivity index (χ3v) is 3.94. The molecule has 2 aromatic rings. The van der Waals surface area contributed by atoms with Gasteiger partial charge in [0.15, 0.2) is 0 Å². The van der Waals surface area contributed by atoms with Crippen molar-refractivity contribution in [3.63, 3.8) is 0 Å². The highest BCUT2D eigenvalue weighted by atomic mass is 15.2. The van der Waals surface area contributed by atoms with Crippen molar-refractivity contribution in [1.82, 2.24) is 20.2 Å². The molecule has 1 aliphatic rings. The molecule has 104 valence electrons. The lowest BCUT2D eigenvalue weighted by molar-refractivity contribution is 0.153. The van der Waals surface area contributed by atoms with E-state index >= 15 is 0 Å². The minimum Gasteiger partial charge on any atom is -0.314 e. The molecular formula is C16H20N4. The van der Waals surface area contributed by atoms with Gasteiger partial charge in [-0.3, -0.25) is 14.9 Å². The molecule has 1 N–H and O–H groups in total. The summed E-state index contributed by atoms with van der Waals surface area (Å²) < 4.78 is 0. The van der Waals surface area contributed by atoms with Crippen LogP contribution in [0.4, 0.5) is 0 Å². The number of nitrogens with zero attached hydrogens (tertiary/aromatic N) is 3. The second-order valence-corrected chi connectivity index (χ2v) is 5.28. The summed E-state index contributed by atoms with van der Waals surface area (Å²) in [7, 11) is 0. The molecule has 20 heavy (non-hydrogen) atoms. The van der Waals surface area contributed by atoms with Gasteiger partial charge >= 0.3 is 0 Å². The molecule has 0 spiro atoms. The second-order valence-electron chi connectivity index (χ2n) is 5.28. The molecular weight excluding hydrogens is 248 g/mol. The van der Waals surface area contributed by atoms with Crippen LogP contribution in [0.1, 0.15) is 22.7 Å². The maximum atomic E-state index is 4.25. The number of aromatic nitrogens is 2. The Hall–Kier alpha value is -1.78. The van der Waals surface area contributed by atoms with Crippen LogP contribution in [0, 0.1) is 6.92 Å². The van der Waals surface area contributed by atoms with Gasteiger partial charge in [-0.15, -0.1) is 0 Å². The molecule has 0 amide bonds. The number of hydrogen-bond acceptors (Lipinski definition) is 4. The largest absolute Gasteiger partial charge is 0.314 e. The van der Waals surface area contributed by atoms with E-state index in [1.165, 1.54) is 16.7 Å². The van der Waals surface area contributed by atoms with Gasteiger partial charge in [-0.1, -0.05) is 6.07 Å². The molecule has 1 saturated heterocycles. The molecule has 3 heterocycles. The normalized spacial score (nSPS) is 19.9. The third kappa shape index (κ3) is 2.86. The van der Waals surface area contributed by atoms with Crippen LogP contribution in [0.25, 0.3) is 0 Å². The van der Waals surface area contributed by atoms with Crippen molar-refractivity contribution in [2.45, 2.75) is 19.5 Å². The lowest BCUT2D eigenvalue weighted by atomic mass is 10.0. The Morgan fingerprint density at radius 2 is 2.15 bits per heavy atom. The van der Waals surface area contributed by atoms with Crippen molar-refractivity contribution in [2.24, 2.45) is 0 Å². The van der Waals surface area contributed by atoms with Gasteiger partial charge in [0.05, 0.1) is 0 Å². The Morgan fingerprint density at radius 1 is 1.25 bits per heavy atom. The number of hydrogen-bond donors (Lipinski definition) is 1. The fourth-order valence-corrected chi connectivity index (χ4v) is 2.72. The molecule has 4 nitrogen and oxygen atoms in total. The Balaban J connectivity index is 1.81. The third-order valence-electron chi connectivity index (χ3n) is 3.94. The summed E-state index contributed by atoms with van der Waals surface area (Å²) >= 11 is 0. The fraction of sp³-hybridized carbons (Fsp3) is 0.375. The highest BCUT2D eigenvalue weighted by Crippen LogP contribution is 2.24. The van der Waals surface area contributed by atoms with E-state index in [0.717, 1.165) is 26.2 Å². The van der Waals surface area contributed by atoms with E-state index in [1.807, 2.05) is 30.9 Å². The maximum Gasteiger partial charge on any atom is 0.0492 e. The topological polar surface area (TPSA) is 41.1 Å². The molecule has 0 bridgehead atoms. The van der Waals surface area contributed by atoms with E-state index in [1.54, 1.807) is 0 Å². The van der Waals surface area contributed by atoms with Crippen molar-refractivity contribution < 1.29 is 0 Å². The van der Waals surface area contributed by atoms with Crippen LogP contribution in [-0.4, -0.2) is 34.5 Å². The van der Waals surface area contributed by atoms with Gasteiger partial charge < -0.3 is 5.32 Å². The summed E-state index contributed by atoms with van der Waals surface area (Å²) in [6, 6.07) is 6.64. The zero-order valence-electron chi connectivity index (χ0n) is 11.8. The van der Waals surface area contributed by atoms with Crippen molar-refractivity contribution >= 4 is 0 Å². The van der Waals surface area contributed by atoms with E-state index in [4.69, 9.17) is 0 Å². The van der Waals surface area contributed by atoms with Gasteiger partial charge in [-0.25, -0.2) is 0 Å². The minimum absolute atomic E-state index is 0.386. The summed E-state index contributed by atoms with van der Waals surface area (Å²) in [5, 5.41) is 3.48. The Labute approximate surface area is 119 Å². The van der Waals surface area contributed by atoms with Crippen LogP contribution in [0.5, 0.6) is 0 Å². The molecule has 3 rings (SSSR count). The zero-order valence-corrected chi connectivity index (χ0v) is 11.8. The van der Waals surface area contributed by atoms with Crippen molar-refractivity contribution in [1.29, 1.82) is 0 Å². The SMILES string of the molecule is Cc1ccncc1CN1CCNCC1c1cccnc1. The average molecular weight is 268 g/mol. The molecule has 4 heteroatoms. The van der Waals surface area contributed by atoms with Gasteiger partial charge in [0.2, 0.25) is 0 Å². The van der Waals surface area contributed by atoms with E-state index in [9.17, 15) is 0 Å². The number of aryl methyl sites for hydroxylation is 1. The van der Waals surface area contributed by atoms with E-state index in [0.29, 0.717) is 6.04 Å². The Kier molecular flexibility index (Phi) is 4.04. The predicted molar refractivity (Wildman–Crippen MR) is 79.2 cm³/mol. The molecule has 1 atom stereocenters. The standard InChI is InChI=1S/C16H20N4/c1-13-4-6-18-10-15(13)12-20-8-7-19-11-16(20)14-3-2-5-17-9-14/h2-6,9-10,16,19H,7-8,11-12H2,1H3. The van der Waals surface area contributed by atoms with E-state index in [-0.39, 0.29) is 0 Å². The summed E-state index contributed by atoms with van der Waals surface area (Å²) in [6.45, 7) is 6.16. The molecule has 0 aliphatic carbocycles. The van der Waals surface area contributed by atoms with Crippen molar-refractivity contribution in [3.8, 4) is 0 Å². The smallest absolute Gasteiger partial charge is 0.0492 e. The quantitative estimate of drug-likeness (QED) is 0.923. The first-order valence-corrected chi connectivity index (χ1v) is 7.09. The Bertz CT molecular complexity index is 555. The molecule has 1 fully saturated rings.